The number of aliphatic hydroxyl groups excluding tert-OH is 1. The number of carbonyl (C=O) groups excluding carboxylic acids is 5. The molecular formula is C37H48N2O8. The van der Waals surface area contributed by atoms with Crippen molar-refractivity contribution < 1.29 is 38.6 Å². The Bertz CT molecular complexity index is 1390. The molecule has 4 aliphatic rings. The number of hydrogen-bond donors (Lipinski definition) is 3. The number of ether oxygens (including phenoxy) is 2. The fourth-order valence-corrected chi connectivity index (χ4v) is 6.18. The first kappa shape index (κ1) is 36.0. The molecule has 0 aromatic heterocycles. The van der Waals surface area contributed by atoms with Gasteiger partial charge in [0.2, 0.25) is 17.6 Å². The Kier molecular flexibility index (Phi) is 12.8. The number of ketones is 2. The van der Waals surface area contributed by atoms with Gasteiger partial charge in [0.05, 0.1) is 24.3 Å². The monoisotopic (exact) mass is 648 g/mol. The lowest BCUT2D eigenvalue weighted by Crippen LogP contribution is -2.48. The lowest BCUT2D eigenvalue weighted by molar-refractivity contribution is -0.158. The van der Waals surface area contributed by atoms with Crippen molar-refractivity contribution in [1.82, 2.24) is 10.6 Å². The highest BCUT2D eigenvalue weighted by Crippen LogP contribution is 2.39. The van der Waals surface area contributed by atoms with E-state index in [2.05, 4.69) is 10.6 Å². The van der Waals surface area contributed by atoms with E-state index in [1.165, 1.54) is 13.2 Å². The number of methoxy groups -OCH3 is 1. The maximum absolute atomic E-state index is 13.5. The van der Waals surface area contributed by atoms with Crippen LogP contribution < -0.4 is 10.6 Å². The smallest absolute Gasteiger partial charge is 0.332 e. The van der Waals surface area contributed by atoms with Gasteiger partial charge in [-0.3, -0.25) is 19.2 Å². The molecule has 47 heavy (non-hydrogen) atoms. The highest BCUT2D eigenvalue weighted by atomic mass is 16.5. The van der Waals surface area contributed by atoms with Crippen molar-refractivity contribution in [3.8, 4) is 0 Å². The minimum Gasteiger partial charge on any atom is -0.460 e. The fraction of sp³-hybridized carbons (Fsp3) is 0.541. The highest BCUT2D eigenvalue weighted by Gasteiger charge is 2.54. The van der Waals surface area contributed by atoms with Gasteiger partial charge >= 0.3 is 5.97 Å². The average molecular weight is 649 g/mol. The molecule has 4 rings (SSSR count). The first-order valence-electron chi connectivity index (χ1n) is 16.7. The van der Waals surface area contributed by atoms with E-state index in [1.807, 2.05) is 19.1 Å². The number of Topliss-reactive ketones (excluding diaryl/α,β-unsaturated/α-hetero) is 1. The molecule has 0 aromatic carbocycles. The molecule has 10 nitrogen and oxygen atoms in total. The molecule has 0 aromatic rings. The number of hydrogen-bond acceptors (Lipinski definition) is 8. The number of rotatable bonds is 5. The van der Waals surface area contributed by atoms with Crippen molar-refractivity contribution >= 4 is 29.4 Å². The second-order valence-corrected chi connectivity index (χ2v) is 13.1. The van der Waals surface area contributed by atoms with Crippen molar-refractivity contribution in [2.75, 3.05) is 7.11 Å². The summed E-state index contributed by atoms with van der Waals surface area (Å²) in [5, 5.41) is 16.9. The summed E-state index contributed by atoms with van der Waals surface area (Å²) in [4.78, 5) is 64.6. The standard InChI is InChI=1S/C37H48N2O8/c1-24-13-12-16-27-21-28(40)22-30(34(27)43)38-32(41)23-29(46-3)17-10-5-4-6-11-18-31(25(2)33(24)42)47-36(45)37(19-20-37)39-35(44)26-14-8-7-9-15-26/h4-6,10-11,13,17,21-22,25-26,29,31,33,42H,7-9,12,14-16,18-20,23H2,1-3H3,(H,38,41)(H,39,44)/b5-4+,11-6+,17-10+,24-13-/t25-,29-,31-,33+/m0/s1. The minimum atomic E-state index is -1.01. The van der Waals surface area contributed by atoms with Crippen LogP contribution >= 0.6 is 0 Å². The molecule has 0 unspecified atom stereocenters. The molecule has 0 saturated heterocycles. The summed E-state index contributed by atoms with van der Waals surface area (Å²) < 4.78 is 11.4. The summed E-state index contributed by atoms with van der Waals surface area (Å²) in [5.41, 5.74) is -0.190. The van der Waals surface area contributed by atoms with Crippen LogP contribution in [0.3, 0.4) is 0 Å². The van der Waals surface area contributed by atoms with Crippen molar-refractivity contribution in [2.45, 2.75) is 108 Å². The summed E-state index contributed by atoms with van der Waals surface area (Å²) >= 11 is 0. The number of aliphatic hydroxyl groups is 1. The quantitative estimate of drug-likeness (QED) is 0.226. The fourth-order valence-electron chi connectivity index (χ4n) is 6.18. The maximum Gasteiger partial charge on any atom is 0.332 e. The van der Waals surface area contributed by atoms with E-state index in [0.717, 1.165) is 38.2 Å². The van der Waals surface area contributed by atoms with Crippen LogP contribution in [0.15, 0.2) is 71.5 Å². The Morgan fingerprint density at radius 1 is 1.02 bits per heavy atom. The SMILES string of the molecule is CO[C@H]1/C=C/C=C/C=C/C[C@H](OC(=O)C2(NC(=O)C3CCCCC3)CC2)[C@H](C)[C@H](O)/C(C)=C\CCC2=CC(=O)C=C(NC(=O)C1)C2=O. The van der Waals surface area contributed by atoms with Crippen LogP contribution in [0.5, 0.6) is 0 Å². The van der Waals surface area contributed by atoms with Gasteiger partial charge in [-0.1, -0.05) is 68.7 Å². The van der Waals surface area contributed by atoms with Crippen molar-refractivity contribution in [3.05, 3.63) is 71.5 Å². The molecule has 2 bridgehead atoms. The first-order valence-corrected chi connectivity index (χ1v) is 16.7. The van der Waals surface area contributed by atoms with E-state index in [1.54, 1.807) is 37.3 Å². The van der Waals surface area contributed by atoms with Gasteiger partial charge in [0.1, 0.15) is 11.6 Å². The maximum atomic E-state index is 13.5. The summed E-state index contributed by atoms with van der Waals surface area (Å²) in [6, 6.07) is 0. The second kappa shape index (κ2) is 16.8. The molecule has 2 fully saturated rings. The predicted molar refractivity (Wildman–Crippen MR) is 176 cm³/mol. The van der Waals surface area contributed by atoms with Crippen LogP contribution in [0, 0.1) is 11.8 Å². The van der Waals surface area contributed by atoms with Gasteiger partial charge in [0, 0.05) is 37.0 Å². The van der Waals surface area contributed by atoms with Crippen LogP contribution in [-0.4, -0.2) is 65.4 Å². The Morgan fingerprint density at radius 2 is 1.74 bits per heavy atom. The van der Waals surface area contributed by atoms with Gasteiger partial charge in [-0.2, -0.15) is 0 Å². The Morgan fingerprint density at radius 3 is 2.45 bits per heavy atom. The highest BCUT2D eigenvalue weighted by molar-refractivity contribution is 6.21. The Hall–Kier alpha value is -3.89. The molecule has 2 saturated carbocycles. The van der Waals surface area contributed by atoms with E-state index in [0.29, 0.717) is 31.3 Å². The van der Waals surface area contributed by atoms with Crippen LogP contribution in [-0.2, 0) is 33.4 Å². The van der Waals surface area contributed by atoms with E-state index < -0.39 is 53.2 Å². The Labute approximate surface area is 277 Å². The lowest BCUT2D eigenvalue weighted by atomic mass is 9.88. The van der Waals surface area contributed by atoms with Gasteiger partial charge in [-0.15, -0.1) is 0 Å². The number of nitrogens with one attached hydrogen (secondary N) is 2. The molecule has 3 aliphatic carbocycles. The molecule has 4 atom stereocenters. The normalized spacial score (nSPS) is 31.0. The Balaban J connectivity index is 1.52. The summed E-state index contributed by atoms with van der Waals surface area (Å²) in [7, 11) is 1.47. The minimum absolute atomic E-state index is 0.0537. The molecule has 1 aliphatic heterocycles. The van der Waals surface area contributed by atoms with Crippen LogP contribution in [0.4, 0.5) is 0 Å². The summed E-state index contributed by atoms with van der Waals surface area (Å²) in [6.07, 6.45) is 19.4. The van der Waals surface area contributed by atoms with Gasteiger partial charge in [-0.05, 0) is 57.1 Å². The van der Waals surface area contributed by atoms with Gasteiger partial charge in [-0.25, -0.2) is 4.79 Å². The zero-order valence-corrected chi connectivity index (χ0v) is 27.7. The van der Waals surface area contributed by atoms with Crippen LogP contribution in [0.2, 0.25) is 0 Å². The number of carbonyl (C=O) groups is 5. The van der Waals surface area contributed by atoms with E-state index in [9.17, 15) is 29.1 Å². The van der Waals surface area contributed by atoms with Gasteiger partial charge < -0.3 is 25.2 Å². The third-order valence-corrected chi connectivity index (χ3v) is 9.43. The van der Waals surface area contributed by atoms with Crippen LogP contribution in [0.25, 0.3) is 0 Å². The van der Waals surface area contributed by atoms with E-state index in [-0.39, 0.29) is 35.9 Å². The molecule has 10 heteroatoms. The molecule has 1 heterocycles. The van der Waals surface area contributed by atoms with Crippen LogP contribution in [0.1, 0.15) is 84.5 Å². The number of allylic oxidation sites excluding steroid dienone is 8. The summed E-state index contributed by atoms with van der Waals surface area (Å²) in [5.74, 6) is -2.41. The van der Waals surface area contributed by atoms with Crippen molar-refractivity contribution in [2.24, 2.45) is 11.8 Å². The van der Waals surface area contributed by atoms with Gasteiger partial charge in [0.25, 0.3) is 0 Å². The van der Waals surface area contributed by atoms with Crippen molar-refractivity contribution in [1.29, 1.82) is 0 Å². The van der Waals surface area contributed by atoms with Gasteiger partial charge in [0.15, 0.2) is 5.78 Å². The molecule has 0 radical (unpaired) electrons. The number of esters is 1. The largest absolute Gasteiger partial charge is 0.460 e. The third-order valence-electron chi connectivity index (χ3n) is 9.43. The molecule has 3 N–H and O–H groups in total. The lowest BCUT2D eigenvalue weighted by Gasteiger charge is -2.30. The predicted octanol–water partition coefficient (Wildman–Crippen LogP) is 4.41. The summed E-state index contributed by atoms with van der Waals surface area (Å²) in [6.45, 7) is 3.59. The first-order chi connectivity index (χ1) is 22.5. The zero-order chi connectivity index (χ0) is 34.0. The van der Waals surface area contributed by atoms with Crippen molar-refractivity contribution in [3.63, 3.8) is 0 Å². The molecular weight excluding hydrogens is 600 g/mol. The van der Waals surface area contributed by atoms with E-state index in [4.69, 9.17) is 9.47 Å². The molecule has 2 amide bonds. The third kappa shape index (κ3) is 10.0. The molecule has 0 spiro atoms. The topological polar surface area (TPSA) is 148 Å². The average Bonchev–Trinajstić information content (AvgIpc) is 3.84. The zero-order valence-electron chi connectivity index (χ0n) is 27.7. The number of amides is 2. The number of fused-ring (bicyclic) bond motifs is 2. The van der Waals surface area contributed by atoms with E-state index >= 15 is 0 Å². The second-order valence-electron chi connectivity index (χ2n) is 13.1. The molecule has 254 valence electrons.